The van der Waals surface area contributed by atoms with Gasteiger partial charge in [-0.15, -0.1) is 0 Å². The van der Waals surface area contributed by atoms with Crippen LogP contribution in [0, 0.1) is 0 Å². The van der Waals surface area contributed by atoms with Crippen molar-refractivity contribution < 1.29 is 17.9 Å². The molecule has 3 aromatic rings. The molecule has 1 aromatic carbocycles. The van der Waals surface area contributed by atoms with Gasteiger partial charge in [-0.1, -0.05) is 0 Å². The molecule has 8 nitrogen and oxygen atoms in total. The number of rotatable bonds is 4. The van der Waals surface area contributed by atoms with E-state index in [2.05, 4.69) is 20.6 Å². The number of nitrogens with zero attached hydrogens (tertiary/aromatic N) is 4. The summed E-state index contributed by atoms with van der Waals surface area (Å²) in [6, 6.07) is 3.27. The molecule has 0 radical (unpaired) electrons. The molecule has 0 saturated carbocycles. The first-order valence-electron chi connectivity index (χ1n) is 9.87. The Morgan fingerprint density at radius 3 is 2.65 bits per heavy atom. The van der Waals surface area contributed by atoms with E-state index in [1.54, 1.807) is 11.6 Å². The van der Waals surface area contributed by atoms with Crippen LogP contribution in [0.25, 0.3) is 22.6 Å². The number of benzene rings is 1. The molecule has 1 atom stereocenters. The number of halogens is 3. The standard InChI is InChI=1S/C20H23F3N6O2/c1-28-15-16(27-19(28)25-12-5-4-8-24-10-12)26-17(29(2)18(15)30)13-7-6-11(20(21,22)23)9-14(13)31-3/h6-7,9,12,24H,4-5,8,10H2,1-3H3,(H,25,27). The Bertz CT molecular complexity index is 1180. The number of hydrogen-bond acceptors (Lipinski definition) is 6. The van der Waals surface area contributed by atoms with Gasteiger partial charge in [0.1, 0.15) is 11.6 Å². The summed E-state index contributed by atoms with van der Waals surface area (Å²) in [5, 5.41) is 6.65. The zero-order valence-electron chi connectivity index (χ0n) is 17.4. The van der Waals surface area contributed by atoms with Crippen LogP contribution in [-0.4, -0.2) is 45.3 Å². The van der Waals surface area contributed by atoms with Gasteiger partial charge in [-0.2, -0.15) is 18.2 Å². The zero-order valence-corrected chi connectivity index (χ0v) is 17.4. The number of aromatic nitrogens is 4. The Hall–Kier alpha value is -3.08. The number of methoxy groups -OCH3 is 1. The number of anilines is 1. The SMILES string of the molecule is COc1cc(C(F)(F)F)ccc1-c1nc2nc(NC3CCCNC3)n(C)c2c(=O)n1C. The molecule has 0 aliphatic carbocycles. The molecular formula is C20H23F3N6O2. The fourth-order valence-corrected chi connectivity index (χ4v) is 3.81. The van der Waals surface area contributed by atoms with Crippen LogP contribution in [0.1, 0.15) is 18.4 Å². The van der Waals surface area contributed by atoms with E-state index in [1.165, 1.54) is 24.8 Å². The molecule has 0 bridgehead atoms. The third kappa shape index (κ3) is 3.85. The first-order valence-corrected chi connectivity index (χ1v) is 9.87. The van der Waals surface area contributed by atoms with Gasteiger partial charge in [0.2, 0.25) is 5.95 Å². The minimum Gasteiger partial charge on any atom is -0.496 e. The molecule has 1 aliphatic rings. The van der Waals surface area contributed by atoms with E-state index in [0.717, 1.165) is 38.1 Å². The molecular weight excluding hydrogens is 413 g/mol. The minimum atomic E-state index is -4.51. The van der Waals surface area contributed by atoms with Crippen LogP contribution in [0.15, 0.2) is 23.0 Å². The van der Waals surface area contributed by atoms with Crippen LogP contribution in [0.3, 0.4) is 0 Å². The third-order valence-corrected chi connectivity index (χ3v) is 5.51. The van der Waals surface area contributed by atoms with E-state index in [1.807, 2.05) is 0 Å². The van der Waals surface area contributed by atoms with Crippen LogP contribution in [0.4, 0.5) is 19.1 Å². The van der Waals surface area contributed by atoms with Crippen molar-refractivity contribution in [3.63, 3.8) is 0 Å². The summed E-state index contributed by atoms with van der Waals surface area (Å²) in [4.78, 5) is 22.1. The summed E-state index contributed by atoms with van der Waals surface area (Å²) in [6.07, 6.45) is -2.49. The number of imidazole rings is 1. The van der Waals surface area contributed by atoms with Gasteiger partial charge in [-0.3, -0.25) is 9.36 Å². The molecule has 166 valence electrons. The van der Waals surface area contributed by atoms with E-state index in [0.29, 0.717) is 11.5 Å². The number of nitrogens with one attached hydrogen (secondary N) is 2. The predicted octanol–water partition coefficient (Wildman–Crippen LogP) is 2.53. The molecule has 31 heavy (non-hydrogen) atoms. The highest BCUT2D eigenvalue weighted by Crippen LogP contribution is 2.36. The zero-order chi connectivity index (χ0) is 22.3. The van der Waals surface area contributed by atoms with Gasteiger partial charge < -0.3 is 19.9 Å². The number of piperidine rings is 1. The van der Waals surface area contributed by atoms with Crippen molar-refractivity contribution in [3.05, 3.63) is 34.1 Å². The van der Waals surface area contributed by atoms with E-state index in [-0.39, 0.29) is 34.4 Å². The summed E-state index contributed by atoms with van der Waals surface area (Å²) in [7, 11) is 4.53. The largest absolute Gasteiger partial charge is 0.496 e. The summed E-state index contributed by atoms with van der Waals surface area (Å²) in [6.45, 7) is 1.77. The molecule has 0 spiro atoms. The molecule has 11 heteroatoms. The normalized spacial score (nSPS) is 17.2. The topological polar surface area (TPSA) is 86.0 Å². The molecule has 4 rings (SSSR count). The van der Waals surface area contributed by atoms with Gasteiger partial charge in [-0.05, 0) is 37.6 Å². The van der Waals surface area contributed by atoms with Gasteiger partial charge in [0, 0.05) is 26.7 Å². The monoisotopic (exact) mass is 436 g/mol. The maximum atomic E-state index is 13.1. The van der Waals surface area contributed by atoms with Crippen LogP contribution in [0.5, 0.6) is 5.75 Å². The van der Waals surface area contributed by atoms with Gasteiger partial charge in [0.25, 0.3) is 5.56 Å². The molecule has 0 amide bonds. The van der Waals surface area contributed by atoms with Crippen molar-refractivity contribution in [2.75, 3.05) is 25.5 Å². The number of ether oxygens (including phenoxy) is 1. The second kappa shape index (κ2) is 7.88. The summed E-state index contributed by atoms with van der Waals surface area (Å²) in [5.74, 6) is 0.663. The lowest BCUT2D eigenvalue weighted by molar-refractivity contribution is -0.137. The summed E-state index contributed by atoms with van der Waals surface area (Å²) >= 11 is 0. The fourth-order valence-electron chi connectivity index (χ4n) is 3.81. The average molecular weight is 436 g/mol. The Labute approximate surface area is 176 Å². The smallest absolute Gasteiger partial charge is 0.416 e. The van der Waals surface area contributed by atoms with Gasteiger partial charge in [0.15, 0.2) is 11.2 Å². The Balaban J connectivity index is 1.81. The Morgan fingerprint density at radius 1 is 1.23 bits per heavy atom. The van der Waals surface area contributed by atoms with E-state index < -0.39 is 11.7 Å². The van der Waals surface area contributed by atoms with Gasteiger partial charge >= 0.3 is 6.18 Å². The van der Waals surface area contributed by atoms with Crippen molar-refractivity contribution in [1.29, 1.82) is 0 Å². The minimum absolute atomic E-state index is 0.0285. The van der Waals surface area contributed by atoms with Crippen LogP contribution in [0.2, 0.25) is 0 Å². The summed E-state index contributed by atoms with van der Waals surface area (Å²) in [5.41, 5.74) is -0.401. The number of fused-ring (bicyclic) bond motifs is 1. The predicted molar refractivity (Wildman–Crippen MR) is 110 cm³/mol. The highest BCUT2D eigenvalue weighted by molar-refractivity contribution is 5.77. The van der Waals surface area contributed by atoms with Crippen molar-refractivity contribution in [3.8, 4) is 17.1 Å². The first kappa shape index (κ1) is 21.2. The van der Waals surface area contributed by atoms with Gasteiger partial charge in [0.05, 0.1) is 18.2 Å². The lowest BCUT2D eigenvalue weighted by Gasteiger charge is -2.24. The van der Waals surface area contributed by atoms with Crippen LogP contribution in [-0.2, 0) is 20.3 Å². The molecule has 1 unspecified atom stereocenters. The second-order valence-electron chi connectivity index (χ2n) is 7.57. The lowest BCUT2D eigenvalue weighted by atomic mass is 10.1. The molecule has 2 N–H and O–H groups in total. The van der Waals surface area contributed by atoms with Crippen molar-refractivity contribution >= 4 is 17.1 Å². The number of aryl methyl sites for hydroxylation is 1. The van der Waals surface area contributed by atoms with Gasteiger partial charge in [-0.25, -0.2) is 4.98 Å². The molecule has 1 saturated heterocycles. The summed E-state index contributed by atoms with van der Waals surface area (Å²) < 4.78 is 47.4. The first-order chi connectivity index (χ1) is 14.7. The second-order valence-corrected chi connectivity index (χ2v) is 7.57. The van der Waals surface area contributed by atoms with Crippen molar-refractivity contribution in [2.45, 2.75) is 25.1 Å². The van der Waals surface area contributed by atoms with E-state index >= 15 is 0 Å². The number of alkyl halides is 3. The molecule has 1 fully saturated rings. The quantitative estimate of drug-likeness (QED) is 0.654. The Morgan fingerprint density at radius 2 is 2.00 bits per heavy atom. The lowest BCUT2D eigenvalue weighted by Crippen LogP contribution is -2.39. The van der Waals surface area contributed by atoms with Crippen LogP contribution < -0.4 is 20.9 Å². The highest BCUT2D eigenvalue weighted by Gasteiger charge is 2.32. The van der Waals surface area contributed by atoms with Crippen LogP contribution >= 0.6 is 0 Å². The average Bonchev–Trinajstić information content (AvgIpc) is 3.05. The number of hydrogen-bond donors (Lipinski definition) is 2. The molecule has 1 aliphatic heterocycles. The van der Waals surface area contributed by atoms with E-state index in [9.17, 15) is 18.0 Å². The Kier molecular flexibility index (Phi) is 5.38. The highest BCUT2D eigenvalue weighted by atomic mass is 19.4. The van der Waals surface area contributed by atoms with Crippen molar-refractivity contribution in [2.24, 2.45) is 14.1 Å². The molecule has 2 aromatic heterocycles. The molecule has 3 heterocycles. The maximum absolute atomic E-state index is 13.1. The van der Waals surface area contributed by atoms with Crippen molar-refractivity contribution in [1.82, 2.24) is 24.4 Å². The van der Waals surface area contributed by atoms with E-state index in [4.69, 9.17) is 4.74 Å². The maximum Gasteiger partial charge on any atom is 0.416 e. The fraction of sp³-hybridized carbons (Fsp3) is 0.450. The third-order valence-electron chi connectivity index (χ3n) is 5.51.